The lowest BCUT2D eigenvalue weighted by Gasteiger charge is -2.08. The number of hydrogen-bond acceptors (Lipinski definition) is 4. The molecule has 0 aliphatic rings. The van der Waals surface area contributed by atoms with E-state index in [9.17, 15) is 9.90 Å². The maximum atomic E-state index is 11.4. The Morgan fingerprint density at radius 1 is 1.32 bits per heavy atom. The number of hydrogen-bond donors (Lipinski definition) is 1. The van der Waals surface area contributed by atoms with Crippen molar-refractivity contribution in [2.24, 2.45) is 0 Å². The second-order valence-electron chi connectivity index (χ2n) is 4.49. The normalized spacial score (nSPS) is 11.0. The van der Waals surface area contributed by atoms with Crippen molar-refractivity contribution in [2.75, 3.05) is 20.8 Å². The Morgan fingerprint density at radius 3 is 2.64 bits per heavy atom. The van der Waals surface area contributed by atoms with Gasteiger partial charge in [-0.25, -0.2) is 4.79 Å². The summed E-state index contributed by atoms with van der Waals surface area (Å²) in [5.74, 6) is -1.10. The van der Waals surface area contributed by atoms with Crippen LogP contribution in [-0.4, -0.2) is 41.5 Å². The van der Waals surface area contributed by atoms with Crippen molar-refractivity contribution in [3.05, 3.63) is 47.8 Å². The second-order valence-corrected chi connectivity index (χ2v) is 4.49. The zero-order valence-corrected chi connectivity index (χ0v) is 12.5. The fourth-order valence-corrected chi connectivity index (χ4v) is 2.07. The number of para-hydroxylation sites is 1. The summed E-state index contributed by atoms with van der Waals surface area (Å²) in [4.78, 5) is 15.5. The highest BCUT2D eigenvalue weighted by atomic mass is 16.5. The molecular formula is C16H18N2O4. The first-order chi connectivity index (χ1) is 10.7. The maximum absolute atomic E-state index is 11.4. The number of nitrogens with zero attached hydrogens (tertiary/aromatic N) is 2. The van der Waals surface area contributed by atoms with Gasteiger partial charge in [-0.1, -0.05) is 24.3 Å². The van der Waals surface area contributed by atoms with Crippen molar-refractivity contribution in [2.45, 2.75) is 6.42 Å². The molecule has 0 atom stereocenters. The third kappa shape index (κ3) is 3.35. The Balaban J connectivity index is 2.53. The van der Waals surface area contributed by atoms with E-state index in [1.54, 1.807) is 17.8 Å². The molecule has 0 aliphatic carbocycles. The van der Waals surface area contributed by atoms with E-state index in [4.69, 9.17) is 9.47 Å². The quantitative estimate of drug-likeness (QED) is 0.796. The van der Waals surface area contributed by atoms with Crippen molar-refractivity contribution >= 4 is 12.0 Å². The van der Waals surface area contributed by atoms with Crippen LogP contribution in [0.3, 0.4) is 0 Å². The van der Waals surface area contributed by atoms with Crippen LogP contribution in [0, 0.1) is 0 Å². The number of benzene rings is 1. The molecular weight excluding hydrogens is 284 g/mol. The fourth-order valence-electron chi connectivity index (χ4n) is 2.07. The van der Waals surface area contributed by atoms with Gasteiger partial charge in [0, 0.05) is 13.7 Å². The van der Waals surface area contributed by atoms with Crippen LogP contribution in [0.1, 0.15) is 22.6 Å². The van der Waals surface area contributed by atoms with Crippen LogP contribution in [0.2, 0.25) is 0 Å². The second kappa shape index (κ2) is 7.42. The number of carbonyl (C=O) groups is 1. The van der Waals surface area contributed by atoms with Gasteiger partial charge < -0.3 is 14.6 Å². The number of aromatic carboxylic acids is 1. The molecule has 2 rings (SSSR count). The van der Waals surface area contributed by atoms with E-state index in [0.717, 1.165) is 5.69 Å². The van der Waals surface area contributed by atoms with Gasteiger partial charge >= 0.3 is 12.0 Å². The molecule has 1 N–H and O–H groups in total. The van der Waals surface area contributed by atoms with Gasteiger partial charge in [0.1, 0.15) is 0 Å². The molecule has 0 bridgehead atoms. The smallest absolute Gasteiger partial charge is 0.356 e. The zero-order chi connectivity index (χ0) is 15.9. The maximum Gasteiger partial charge on any atom is 0.356 e. The largest absolute Gasteiger partial charge is 0.476 e. The molecule has 116 valence electrons. The molecule has 0 saturated heterocycles. The number of carboxylic acids is 1. The summed E-state index contributed by atoms with van der Waals surface area (Å²) in [6, 6.07) is 9.58. The van der Waals surface area contributed by atoms with Gasteiger partial charge in [0.05, 0.1) is 18.5 Å². The first-order valence-corrected chi connectivity index (χ1v) is 6.80. The molecule has 22 heavy (non-hydrogen) atoms. The lowest BCUT2D eigenvalue weighted by molar-refractivity contribution is 0.0690. The molecule has 1 aromatic carbocycles. The number of rotatable bonds is 7. The van der Waals surface area contributed by atoms with Crippen molar-refractivity contribution in [1.29, 1.82) is 0 Å². The predicted octanol–water partition coefficient (Wildman–Crippen LogP) is 2.63. The summed E-state index contributed by atoms with van der Waals surface area (Å²) in [6.45, 7) is 0.565. The van der Waals surface area contributed by atoms with Crippen LogP contribution < -0.4 is 4.74 Å². The van der Waals surface area contributed by atoms with E-state index in [1.165, 1.54) is 7.11 Å². The molecule has 0 fully saturated rings. The van der Waals surface area contributed by atoms with Gasteiger partial charge in [0.25, 0.3) is 0 Å². The van der Waals surface area contributed by atoms with Crippen molar-refractivity contribution in [3.8, 4) is 11.7 Å². The van der Waals surface area contributed by atoms with E-state index < -0.39 is 5.97 Å². The molecule has 1 aromatic heterocycles. The minimum Gasteiger partial charge on any atom is -0.476 e. The molecule has 6 nitrogen and oxygen atoms in total. The van der Waals surface area contributed by atoms with E-state index in [2.05, 4.69) is 4.98 Å². The number of methoxy groups -OCH3 is 2. The average molecular weight is 302 g/mol. The highest BCUT2D eigenvalue weighted by molar-refractivity contribution is 5.90. The van der Waals surface area contributed by atoms with E-state index in [0.29, 0.717) is 18.7 Å². The van der Waals surface area contributed by atoms with Crippen LogP contribution >= 0.6 is 0 Å². The summed E-state index contributed by atoms with van der Waals surface area (Å²) >= 11 is 0. The molecule has 0 saturated carbocycles. The molecule has 0 amide bonds. The summed E-state index contributed by atoms with van der Waals surface area (Å²) in [7, 11) is 3.08. The Morgan fingerprint density at radius 2 is 2.05 bits per heavy atom. The molecule has 6 heteroatoms. The molecule has 2 aromatic rings. The molecule has 0 spiro atoms. The Labute approximate surface area is 128 Å². The SMILES string of the molecule is COCC/C=C/c1c(C(=O)O)nc(OC)n1-c1ccccc1. The summed E-state index contributed by atoms with van der Waals surface area (Å²) < 4.78 is 11.9. The number of ether oxygens (including phenoxy) is 2. The van der Waals surface area contributed by atoms with Gasteiger partial charge in [-0.15, -0.1) is 0 Å². The minimum atomic E-state index is -1.10. The lowest BCUT2D eigenvalue weighted by Crippen LogP contribution is -2.03. The van der Waals surface area contributed by atoms with E-state index in [-0.39, 0.29) is 11.7 Å². The highest BCUT2D eigenvalue weighted by Crippen LogP contribution is 2.25. The summed E-state index contributed by atoms with van der Waals surface area (Å²) in [5.41, 5.74) is 1.20. The van der Waals surface area contributed by atoms with Gasteiger partial charge in [0.2, 0.25) is 0 Å². The Bertz CT molecular complexity index is 662. The monoisotopic (exact) mass is 302 g/mol. The van der Waals surface area contributed by atoms with Crippen molar-refractivity contribution in [1.82, 2.24) is 9.55 Å². The third-order valence-corrected chi connectivity index (χ3v) is 3.05. The first kappa shape index (κ1) is 15.8. The van der Waals surface area contributed by atoms with Gasteiger partial charge in [0.15, 0.2) is 5.69 Å². The molecule has 0 unspecified atom stereocenters. The van der Waals surface area contributed by atoms with Crippen LogP contribution in [0.4, 0.5) is 0 Å². The van der Waals surface area contributed by atoms with Crippen LogP contribution in [-0.2, 0) is 4.74 Å². The van der Waals surface area contributed by atoms with E-state index in [1.807, 2.05) is 36.4 Å². The standard InChI is InChI=1S/C16H18N2O4/c1-21-11-7-6-10-13-14(15(19)20)17-16(22-2)18(13)12-8-4-3-5-9-12/h3-6,8-10H,7,11H2,1-2H3,(H,19,20)/b10-6+. The lowest BCUT2D eigenvalue weighted by atomic mass is 10.2. The number of imidazole rings is 1. The summed E-state index contributed by atoms with van der Waals surface area (Å²) in [5, 5.41) is 9.36. The highest BCUT2D eigenvalue weighted by Gasteiger charge is 2.21. The van der Waals surface area contributed by atoms with Crippen molar-refractivity contribution < 1.29 is 19.4 Å². The minimum absolute atomic E-state index is 0.0469. The number of carboxylic acid groups (broad SMARTS) is 1. The van der Waals surface area contributed by atoms with Gasteiger partial charge in [-0.3, -0.25) is 4.57 Å². The third-order valence-electron chi connectivity index (χ3n) is 3.05. The topological polar surface area (TPSA) is 73.6 Å². The zero-order valence-electron chi connectivity index (χ0n) is 12.5. The van der Waals surface area contributed by atoms with Crippen LogP contribution in [0.25, 0.3) is 11.8 Å². The van der Waals surface area contributed by atoms with Gasteiger partial charge in [-0.05, 0) is 24.6 Å². The Kier molecular flexibility index (Phi) is 5.32. The van der Waals surface area contributed by atoms with Crippen LogP contribution in [0.15, 0.2) is 36.4 Å². The molecule has 1 heterocycles. The van der Waals surface area contributed by atoms with E-state index >= 15 is 0 Å². The Hall–Kier alpha value is -2.60. The average Bonchev–Trinajstić information content (AvgIpc) is 2.91. The number of aromatic nitrogens is 2. The van der Waals surface area contributed by atoms with Crippen LogP contribution in [0.5, 0.6) is 6.01 Å². The molecule has 0 aliphatic heterocycles. The summed E-state index contributed by atoms with van der Waals surface area (Å²) in [6.07, 6.45) is 4.26. The van der Waals surface area contributed by atoms with Gasteiger partial charge in [-0.2, -0.15) is 4.98 Å². The first-order valence-electron chi connectivity index (χ1n) is 6.80. The molecule has 0 radical (unpaired) electrons. The fraction of sp³-hybridized carbons (Fsp3) is 0.250. The van der Waals surface area contributed by atoms with Crippen molar-refractivity contribution in [3.63, 3.8) is 0 Å². The predicted molar refractivity (Wildman–Crippen MR) is 82.6 cm³/mol.